The van der Waals surface area contributed by atoms with Crippen LogP contribution < -0.4 is 10.6 Å². The number of carbonyl (C=O) groups is 3. The van der Waals surface area contributed by atoms with E-state index in [1.165, 1.54) is 0 Å². The summed E-state index contributed by atoms with van der Waals surface area (Å²) in [7, 11) is 0. The molecule has 1 atom stereocenters. The van der Waals surface area contributed by atoms with Crippen molar-refractivity contribution in [3.8, 4) is 0 Å². The maximum atomic E-state index is 12.7. The van der Waals surface area contributed by atoms with E-state index < -0.39 is 17.4 Å². The van der Waals surface area contributed by atoms with E-state index in [1.807, 2.05) is 0 Å². The van der Waals surface area contributed by atoms with E-state index in [0.29, 0.717) is 21.3 Å². The van der Waals surface area contributed by atoms with Gasteiger partial charge in [-0.2, -0.15) is 0 Å². The minimum Gasteiger partial charge on any atom is -0.394 e. The van der Waals surface area contributed by atoms with Crippen LogP contribution in [0.3, 0.4) is 0 Å². The molecule has 0 bridgehead atoms. The fourth-order valence-corrected chi connectivity index (χ4v) is 4.10. The third kappa shape index (κ3) is 6.29. The van der Waals surface area contributed by atoms with Crippen molar-refractivity contribution in [2.45, 2.75) is 45.2 Å². The minimum absolute atomic E-state index is 0.0803. The molecule has 1 aromatic rings. The molecule has 3 N–H and O–H groups in total. The number of hydrogen-bond acceptors (Lipinski definition) is 5. The molecular formula is C22H28ClN3O4S. The molecule has 1 aliphatic heterocycles. The molecule has 168 valence electrons. The summed E-state index contributed by atoms with van der Waals surface area (Å²) < 4.78 is 0.482. The van der Waals surface area contributed by atoms with Crippen LogP contribution in [0.5, 0.6) is 0 Å². The summed E-state index contributed by atoms with van der Waals surface area (Å²) >= 11 is 6.98. The zero-order chi connectivity index (χ0) is 23.3. The van der Waals surface area contributed by atoms with E-state index in [9.17, 15) is 19.5 Å². The van der Waals surface area contributed by atoms with Crippen LogP contribution in [0.4, 0.5) is 0 Å². The van der Waals surface area contributed by atoms with E-state index in [0.717, 1.165) is 24.2 Å². The number of thiophene rings is 1. The van der Waals surface area contributed by atoms with Crippen LogP contribution in [0.15, 0.2) is 48.2 Å². The number of carbonyl (C=O) groups excluding carboxylic acids is 3. The Morgan fingerprint density at radius 2 is 2.03 bits per heavy atom. The first-order valence-electron chi connectivity index (χ1n) is 9.84. The zero-order valence-electron chi connectivity index (χ0n) is 18.0. The van der Waals surface area contributed by atoms with Gasteiger partial charge in [-0.1, -0.05) is 24.8 Å². The molecule has 9 heteroatoms. The monoisotopic (exact) mass is 465 g/mol. The molecule has 1 unspecified atom stereocenters. The van der Waals surface area contributed by atoms with Crippen LogP contribution in [-0.4, -0.2) is 52.5 Å². The lowest BCUT2D eigenvalue weighted by Gasteiger charge is -2.25. The van der Waals surface area contributed by atoms with Crippen LogP contribution in [-0.2, 0) is 9.59 Å². The number of aliphatic hydroxyl groups excluding tert-OH is 1. The summed E-state index contributed by atoms with van der Waals surface area (Å²) in [6.07, 6.45) is 3.16. The molecule has 3 amide bonds. The van der Waals surface area contributed by atoms with Crippen LogP contribution in [0.25, 0.3) is 0 Å². The average Bonchev–Trinajstić information content (AvgIpc) is 3.34. The Kier molecular flexibility index (Phi) is 8.22. The topological polar surface area (TPSA) is 98.7 Å². The van der Waals surface area contributed by atoms with Crippen molar-refractivity contribution >= 4 is 40.7 Å². The first-order chi connectivity index (χ1) is 14.5. The molecule has 0 aliphatic carbocycles. The van der Waals surface area contributed by atoms with Gasteiger partial charge in [-0.15, -0.1) is 11.3 Å². The van der Waals surface area contributed by atoms with E-state index in [4.69, 9.17) is 11.6 Å². The summed E-state index contributed by atoms with van der Waals surface area (Å²) in [4.78, 5) is 39.7. The molecule has 0 radical (unpaired) electrons. The fraction of sp³-hybridized carbons (Fsp3) is 0.409. The van der Waals surface area contributed by atoms with Crippen LogP contribution >= 0.6 is 22.9 Å². The second-order valence-corrected chi connectivity index (χ2v) is 9.66. The molecule has 1 saturated heterocycles. The molecule has 0 spiro atoms. The van der Waals surface area contributed by atoms with Gasteiger partial charge in [0.1, 0.15) is 5.54 Å². The molecule has 1 fully saturated rings. The van der Waals surface area contributed by atoms with Crippen molar-refractivity contribution in [2.24, 2.45) is 0 Å². The summed E-state index contributed by atoms with van der Waals surface area (Å²) in [5.74, 6) is -1.11. The molecule has 7 nitrogen and oxygen atoms in total. The highest BCUT2D eigenvalue weighted by Gasteiger charge is 2.31. The van der Waals surface area contributed by atoms with Gasteiger partial charge in [-0.25, -0.2) is 0 Å². The minimum atomic E-state index is -1.21. The Morgan fingerprint density at radius 3 is 2.61 bits per heavy atom. The van der Waals surface area contributed by atoms with Gasteiger partial charge in [0.2, 0.25) is 5.91 Å². The smallest absolute Gasteiger partial charge is 0.262 e. The number of allylic oxidation sites excluding steroid dienone is 1. The summed E-state index contributed by atoms with van der Waals surface area (Å²) in [6.45, 7) is 13.0. The Balaban J connectivity index is 1.98. The summed E-state index contributed by atoms with van der Waals surface area (Å²) in [5, 5.41) is 14.7. The Morgan fingerprint density at radius 1 is 1.35 bits per heavy atom. The number of hydrogen-bond donors (Lipinski definition) is 3. The van der Waals surface area contributed by atoms with Gasteiger partial charge in [-0.3, -0.25) is 14.4 Å². The summed E-state index contributed by atoms with van der Waals surface area (Å²) in [5.41, 5.74) is -0.125. The molecule has 2 heterocycles. The lowest BCUT2D eigenvalue weighted by Crippen LogP contribution is -2.54. The predicted molar refractivity (Wildman–Crippen MR) is 123 cm³/mol. The molecule has 31 heavy (non-hydrogen) atoms. The van der Waals surface area contributed by atoms with Crippen molar-refractivity contribution < 1.29 is 19.5 Å². The van der Waals surface area contributed by atoms with E-state index in [1.54, 1.807) is 43.9 Å². The predicted octanol–water partition coefficient (Wildman–Crippen LogP) is 3.03. The highest BCUT2D eigenvalue weighted by Crippen LogP contribution is 2.23. The van der Waals surface area contributed by atoms with Gasteiger partial charge in [-0.05, 0) is 57.4 Å². The lowest BCUT2D eigenvalue weighted by molar-refractivity contribution is -0.128. The number of halogens is 1. The van der Waals surface area contributed by atoms with Crippen molar-refractivity contribution in [3.63, 3.8) is 0 Å². The third-order valence-electron chi connectivity index (χ3n) is 5.04. The molecule has 0 saturated carbocycles. The SMILES string of the molecule is C=C(/C=C(/C)C(=C)C(=O)N1CCCC1CO)NC(=O)C(C)(C)NC(=O)c1ccc(Cl)s1. The van der Waals surface area contributed by atoms with Gasteiger partial charge < -0.3 is 20.6 Å². The van der Waals surface area contributed by atoms with Gasteiger partial charge in [0, 0.05) is 17.8 Å². The number of rotatable bonds is 8. The van der Waals surface area contributed by atoms with Gasteiger partial charge >= 0.3 is 0 Å². The van der Waals surface area contributed by atoms with E-state index in [2.05, 4.69) is 23.8 Å². The summed E-state index contributed by atoms with van der Waals surface area (Å²) in [6, 6.07) is 3.01. The molecule has 1 aromatic heterocycles. The quantitative estimate of drug-likeness (QED) is 0.406. The highest BCUT2D eigenvalue weighted by atomic mass is 35.5. The molecule has 1 aliphatic rings. The van der Waals surface area contributed by atoms with E-state index >= 15 is 0 Å². The third-order valence-corrected chi connectivity index (χ3v) is 6.27. The number of nitrogens with one attached hydrogen (secondary N) is 2. The number of amides is 3. The van der Waals surface area contributed by atoms with Crippen molar-refractivity contribution in [3.05, 3.63) is 57.4 Å². The number of aliphatic hydroxyl groups is 1. The van der Waals surface area contributed by atoms with Crippen molar-refractivity contribution in [1.29, 1.82) is 0 Å². The Bertz CT molecular complexity index is 935. The normalized spacial score (nSPS) is 16.7. The van der Waals surface area contributed by atoms with E-state index in [-0.39, 0.29) is 29.8 Å². The van der Waals surface area contributed by atoms with Crippen molar-refractivity contribution in [1.82, 2.24) is 15.5 Å². The van der Waals surface area contributed by atoms with Crippen LogP contribution in [0.2, 0.25) is 4.34 Å². The first kappa shape index (κ1) is 24.8. The maximum Gasteiger partial charge on any atom is 0.262 e. The number of nitrogens with zero attached hydrogens (tertiary/aromatic N) is 1. The standard InChI is InChI=1S/C22H28ClN3O4S/c1-13(15(3)20(29)26-10-6-7-16(26)12-27)11-14(2)24-21(30)22(4,5)25-19(28)17-8-9-18(23)31-17/h8-9,11,16,27H,2-3,6-7,10,12H2,1,4-5H3,(H,24,30)(H,25,28)/b13-11-. The maximum absolute atomic E-state index is 12.7. The van der Waals surface area contributed by atoms with Crippen LogP contribution in [0, 0.1) is 0 Å². The van der Waals surface area contributed by atoms with Gasteiger partial charge in [0.15, 0.2) is 0 Å². The van der Waals surface area contributed by atoms with Crippen molar-refractivity contribution in [2.75, 3.05) is 13.2 Å². The Hall–Kier alpha value is -2.42. The average molecular weight is 466 g/mol. The highest BCUT2D eigenvalue weighted by molar-refractivity contribution is 7.18. The molecule has 0 aromatic carbocycles. The largest absolute Gasteiger partial charge is 0.394 e. The second-order valence-electron chi connectivity index (χ2n) is 7.95. The van der Waals surface area contributed by atoms with Crippen LogP contribution in [0.1, 0.15) is 43.3 Å². The second kappa shape index (κ2) is 10.3. The zero-order valence-corrected chi connectivity index (χ0v) is 19.5. The first-order valence-corrected chi connectivity index (χ1v) is 11.0. The number of likely N-dealkylation sites (tertiary alicyclic amines) is 1. The van der Waals surface area contributed by atoms with Gasteiger partial charge in [0.05, 0.1) is 21.9 Å². The van der Waals surface area contributed by atoms with Gasteiger partial charge in [0.25, 0.3) is 11.8 Å². The Labute approximate surface area is 191 Å². The lowest BCUT2D eigenvalue weighted by atomic mass is 10.0. The molecular weight excluding hydrogens is 438 g/mol. The fourth-order valence-electron chi connectivity index (χ4n) is 3.16. The molecule has 2 rings (SSSR count).